The van der Waals surface area contributed by atoms with Gasteiger partial charge in [-0.15, -0.1) is 0 Å². The molecule has 0 spiro atoms. The second kappa shape index (κ2) is 35.6. The summed E-state index contributed by atoms with van der Waals surface area (Å²) in [6, 6.07) is -1.22. The van der Waals surface area contributed by atoms with Crippen molar-refractivity contribution < 1.29 is 203 Å². The van der Waals surface area contributed by atoms with Crippen molar-refractivity contribution in [3.05, 3.63) is 0 Å². The fourth-order valence-electron chi connectivity index (χ4n) is 13.1. The Morgan fingerprint density at radius 2 is 0.566 bits per heavy atom. The lowest BCUT2D eigenvalue weighted by molar-refractivity contribution is -0.396. The van der Waals surface area contributed by atoms with Gasteiger partial charge in [-0.25, -0.2) is 0 Å². The number of aliphatic hydroxyl groups excluding tert-OH is 23. The van der Waals surface area contributed by atoms with Crippen molar-refractivity contribution in [2.45, 2.75) is 278 Å². The number of unbranched alkanes of at least 4 members (excludes halogenated alkanes) is 2. The number of carbonyl (C=O) groups excluding carboxylic acids is 2. The Kier molecular flexibility index (Phi) is 29.0. The molecule has 25 N–H and O–H groups in total. The first-order valence-corrected chi connectivity index (χ1v) is 32.3. The minimum absolute atomic E-state index is 0.0642. The number of rotatable bonds is 17. The van der Waals surface area contributed by atoms with Crippen molar-refractivity contribution in [2.24, 2.45) is 0 Å². The number of amides is 2. The van der Waals surface area contributed by atoms with Crippen LogP contribution < -0.4 is 10.6 Å². The largest absolute Gasteiger partial charge is 0.394 e. The first-order valence-electron chi connectivity index (χ1n) is 32.3. The van der Waals surface area contributed by atoms with Crippen LogP contribution in [0.2, 0.25) is 0 Å². The van der Waals surface area contributed by atoms with E-state index in [2.05, 4.69) is 10.6 Å². The van der Waals surface area contributed by atoms with Gasteiger partial charge in [-0.05, 0) is 12.8 Å². The lowest BCUT2D eigenvalue weighted by Crippen LogP contribution is -2.68. The molecule has 14 bridgehead atoms. The molecule has 0 unspecified atom stereocenters. The first kappa shape index (κ1) is 80.5. The molecule has 40 atom stereocenters. The lowest BCUT2D eigenvalue weighted by atomic mass is 9.95. The summed E-state index contributed by atoms with van der Waals surface area (Å²) in [7, 11) is 0. The fraction of sp³-hybridized carbons (Fsp3) is 0.964. The molecule has 22 saturated heterocycles. The molecule has 574 valence electrons. The zero-order valence-corrected chi connectivity index (χ0v) is 52.9. The van der Waals surface area contributed by atoms with Crippen LogP contribution in [0.25, 0.3) is 0 Å². The summed E-state index contributed by atoms with van der Waals surface area (Å²) in [5.74, 6) is -1.26. The fourth-order valence-corrected chi connectivity index (χ4v) is 13.1. The second-order valence-corrected chi connectivity index (χ2v) is 25.4. The molecule has 0 aromatic heterocycles. The highest BCUT2D eigenvalue weighted by Crippen LogP contribution is 2.39. The zero-order chi connectivity index (χ0) is 72.2. The number of hydrogen-bond acceptors (Lipinski definition) is 41. The molecule has 22 aliphatic rings. The molecule has 0 aromatic carbocycles. The maximum absolute atomic E-state index is 13.5. The summed E-state index contributed by atoms with van der Waals surface area (Å²) in [5.41, 5.74) is 0. The van der Waals surface area contributed by atoms with E-state index in [0.29, 0.717) is 6.42 Å². The average Bonchev–Trinajstić information content (AvgIpc) is 0.935. The molecule has 0 saturated carbocycles. The van der Waals surface area contributed by atoms with Gasteiger partial charge in [0.2, 0.25) is 11.8 Å². The van der Waals surface area contributed by atoms with Crippen LogP contribution >= 0.6 is 0 Å². The van der Waals surface area contributed by atoms with Crippen molar-refractivity contribution in [2.75, 3.05) is 59.4 Å². The molecule has 99 heavy (non-hydrogen) atoms. The van der Waals surface area contributed by atoms with Crippen LogP contribution in [0, 0.1) is 0 Å². The van der Waals surface area contributed by atoms with E-state index in [1.165, 1.54) is 0 Å². The molecule has 22 fully saturated rings. The van der Waals surface area contributed by atoms with E-state index < -0.39 is 310 Å². The van der Waals surface area contributed by atoms with Crippen LogP contribution in [0.3, 0.4) is 0 Å². The molecule has 22 aliphatic heterocycles. The van der Waals surface area contributed by atoms with Crippen LogP contribution in [-0.2, 0) is 85.4 Å². The highest BCUT2D eigenvalue weighted by Gasteiger charge is 2.60. The third-order valence-corrected chi connectivity index (χ3v) is 18.7. The monoisotopic (exact) mass is 1450 g/mol. The SMILES string of the molecule is CC(=O)N[C@H]1[C@H](OCCCCCC(=O)NC[C@@H]2O[C@@H]3O[C@H]4[C@H](O)[C@H](O)[C@@H](O[C@H]5[C@@H](O)[C@H](O)[C@@H](O[C@H]6[C@H](O)[C@@H](O)[C@@H](O[C@H]7[C@H](O)[C@@H](O)[C@@H](O[C@H]8[C@H](O)[C@@H](O)[C@@H](O[C@H]9[C@H](O)[C@@H](O)[C@@H](O[C@H]2[C@H](O)[C@H]3O)O[C@H]9CO)O[C@H]8CO)O[C@H]7CO)O[C@@H]6CO)O[C@@H]5CO)O[C@@H]4CO)O[C@H](CO)[C@@H](O)[C@@H]1O. The van der Waals surface area contributed by atoms with Crippen molar-refractivity contribution >= 4 is 11.8 Å². The maximum Gasteiger partial charge on any atom is 0.220 e. The predicted molar refractivity (Wildman–Crippen MR) is 304 cm³/mol. The quantitative estimate of drug-likeness (QED) is 0.0601. The van der Waals surface area contributed by atoms with Crippen molar-refractivity contribution in [3.63, 3.8) is 0 Å². The standard InChI is InChI=1S/C56H94N2O41/c1-15(66)58-25-27(69)26(68)17(8-59)86-49(25)84-6-4-2-3-5-24(67)57-7-16-42-28(70)35(77)50(85-16)94-43-18(9-60)88-52(37(79)30(43)72)96-45-20(11-62)90-54(39(81)32(45)74)98-47-22(13-64)92-56(41(83)34(47)76)99-48-23(14-65)91-55(40(82)33(48)75)97-46-21(12-63)89-53(38(80)31(46)73)95-44-19(10-61)87-51(93-42)36(78)29(44)71/h16-23,25-56,59-65,68-83H,2-14H2,1H3,(H,57,67)(H,58,66)/t16-,17+,18+,19-,20+,21-,22+,23-,25+,26+,27+,28+,29+,30+,31+,32-,33+,34+,35+,36+,37-,38+,39-,40+,41+,42+,43+,44+,45+,46+,47+,48+,49+,50+,51+,52+,53+,54+,55+,56+/m0/s1. The highest BCUT2D eigenvalue weighted by atomic mass is 16.8. The van der Waals surface area contributed by atoms with Crippen LogP contribution in [0.1, 0.15) is 32.6 Å². The Morgan fingerprint density at radius 1 is 0.303 bits per heavy atom. The summed E-state index contributed by atoms with van der Waals surface area (Å²) in [6.45, 7) is -6.82. The summed E-state index contributed by atoms with van der Waals surface area (Å²) in [6.07, 6.45) is -77.6. The number of aliphatic hydroxyl groups is 23. The topological polar surface area (TPSA) is 671 Å². The molecular formula is C56H94N2O41. The van der Waals surface area contributed by atoms with E-state index in [0.717, 1.165) is 6.92 Å². The van der Waals surface area contributed by atoms with Gasteiger partial charge in [0.05, 0.1) is 46.2 Å². The van der Waals surface area contributed by atoms with Gasteiger partial charge in [0.25, 0.3) is 0 Å². The molecule has 0 radical (unpaired) electrons. The van der Waals surface area contributed by atoms with Gasteiger partial charge in [-0.2, -0.15) is 0 Å². The van der Waals surface area contributed by atoms with Crippen molar-refractivity contribution in [1.82, 2.24) is 10.6 Å². The predicted octanol–water partition coefficient (Wildman–Crippen LogP) is -16.6. The minimum atomic E-state index is -2.31. The van der Waals surface area contributed by atoms with E-state index in [9.17, 15) is 127 Å². The van der Waals surface area contributed by atoms with Gasteiger partial charge in [0, 0.05) is 26.5 Å². The summed E-state index contributed by atoms with van der Waals surface area (Å²) < 4.78 is 92.5. The summed E-state index contributed by atoms with van der Waals surface area (Å²) >= 11 is 0. The normalized spacial score (nSPS) is 50.3. The van der Waals surface area contributed by atoms with Crippen LogP contribution in [-0.4, -0.2) is 434 Å². The van der Waals surface area contributed by atoms with Crippen molar-refractivity contribution in [1.29, 1.82) is 0 Å². The molecule has 43 nitrogen and oxygen atoms in total. The summed E-state index contributed by atoms with van der Waals surface area (Å²) in [4.78, 5) is 25.4. The van der Waals surface area contributed by atoms with Gasteiger partial charge in [0.15, 0.2) is 50.3 Å². The summed E-state index contributed by atoms with van der Waals surface area (Å²) in [5, 5.41) is 260. The smallest absolute Gasteiger partial charge is 0.220 e. The Morgan fingerprint density at radius 3 is 0.828 bits per heavy atom. The van der Waals surface area contributed by atoms with Gasteiger partial charge >= 0.3 is 0 Å². The van der Waals surface area contributed by atoms with Crippen molar-refractivity contribution in [3.8, 4) is 0 Å². The van der Waals surface area contributed by atoms with Crippen LogP contribution in [0.5, 0.6) is 0 Å². The van der Waals surface area contributed by atoms with Crippen LogP contribution in [0.15, 0.2) is 0 Å². The lowest BCUT2D eigenvalue weighted by Gasteiger charge is -2.50. The van der Waals surface area contributed by atoms with Gasteiger partial charge in [-0.1, -0.05) is 6.42 Å². The molecule has 0 aromatic rings. The Labute approximate surface area is 561 Å². The van der Waals surface area contributed by atoms with E-state index in [1.54, 1.807) is 0 Å². The van der Waals surface area contributed by atoms with E-state index in [4.69, 9.17) is 75.8 Å². The van der Waals surface area contributed by atoms with Gasteiger partial charge in [-0.3, -0.25) is 9.59 Å². The van der Waals surface area contributed by atoms with E-state index in [1.807, 2.05) is 0 Å². The zero-order valence-electron chi connectivity index (χ0n) is 52.9. The third kappa shape index (κ3) is 17.6. The number of ether oxygens (including phenoxy) is 16. The van der Waals surface area contributed by atoms with Crippen LogP contribution in [0.4, 0.5) is 0 Å². The van der Waals surface area contributed by atoms with E-state index >= 15 is 0 Å². The number of nitrogens with one attached hydrogen (secondary N) is 2. The molecule has 22 rings (SSSR count). The number of hydrogen-bond donors (Lipinski definition) is 25. The third-order valence-electron chi connectivity index (χ3n) is 18.7. The molecular weight excluding hydrogens is 1360 g/mol. The number of carbonyl (C=O) groups is 2. The maximum atomic E-state index is 13.5. The Balaban J connectivity index is 0.955. The highest BCUT2D eigenvalue weighted by molar-refractivity contribution is 5.75. The molecule has 0 aliphatic carbocycles. The second-order valence-electron chi connectivity index (χ2n) is 25.4. The van der Waals surface area contributed by atoms with Gasteiger partial charge < -0.3 is 204 Å². The Hall–Kier alpha value is -2.62. The average molecular weight is 1450 g/mol. The minimum Gasteiger partial charge on any atom is -0.394 e. The molecule has 22 heterocycles. The Bertz CT molecular complexity index is 2480. The van der Waals surface area contributed by atoms with E-state index in [-0.39, 0.29) is 25.9 Å². The molecule has 2 amide bonds. The molecule has 43 heteroatoms. The first-order chi connectivity index (χ1) is 47.1. The van der Waals surface area contributed by atoms with Gasteiger partial charge in [0.1, 0.15) is 195 Å².